The van der Waals surface area contributed by atoms with E-state index in [1.165, 1.54) is 24.5 Å². The zero-order chi connectivity index (χ0) is 25.2. The van der Waals surface area contributed by atoms with Crippen molar-refractivity contribution in [1.82, 2.24) is 29.4 Å². The van der Waals surface area contributed by atoms with E-state index >= 15 is 0 Å². The molecule has 0 unspecified atom stereocenters. The van der Waals surface area contributed by atoms with Crippen molar-refractivity contribution < 1.29 is 18.7 Å². The number of halogens is 2. The standard InChI is InChI=1S/C26H20F2N6O2/c1-16-4-2-7-21(31-16)25-20(14-33(32-25)13-17-5-3-6-18(12-17)26(27)28)19-8-10-23-29-15-30-34(23)22(19)9-11-24(35)36/h2-12,14-15,26H,13H2,1H3,(H,35,36)/b11-9+. The molecule has 0 amide bonds. The highest BCUT2D eigenvalue weighted by Gasteiger charge is 2.19. The summed E-state index contributed by atoms with van der Waals surface area (Å²) in [7, 11) is 0. The van der Waals surface area contributed by atoms with Gasteiger partial charge in [0.15, 0.2) is 5.65 Å². The average molecular weight is 486 g/mol. The van der Waals surface area contributed by atoms with Crippen LogP contribution >= 0.6 is 0 Å². The third kappa shape index (κ3) is 4.61. The minimum Gasteiger partial charge on any atom is -0.478 e. The van der Waals surface area contributed by atoms with Crippen LogP contribution in [0.2, 0.25) is 0 Å². The van der Waals surface area contributed by atoms with Gasteiger partial charge in [0, 0.05) is 34.7 Å². The molecule has 180 valence electrons. The Hall–Kier alpha value is -4.73. The summed E-state index contributed by atoms with van der Waals surface area (Å²) in [6.07, 6.45) is 3.11. The van der Waals surface area contributed by atoms with Gasteiger partial charge in [0.2, 0.25) is 0 Å². The van der Waals surface area contributed by atoms with Crippen LogP contribution in [-0.4, -0.2) is 40.4 Å². The second-order valence-electron chi connectivity index (χ2n) is 8.13. The molecular formula is C26H20F2N6O2. The van der Waals surface area contributed by atoms with Crippen molar-refractivity contribution in [2.45, 2.75) is 19.9 Å². The molecule has 0 spiro atoms. The molecule has 0 fully saturated rings. The fourth-order valence-corrected chi connectivity index (χ4v) is 4.02. The molecular weight excluding hydrogens is 466 g/mol. The number of carbonyl (C=O) groups is 1. The monoisotopic (exact) mass is 486 g/mol. The second kappa shape index (κ2) is 9.49. The Kier molecular flexibility index (Phi) is 6.07. The number of hydrogen-bond donors (Lipinski definition) is 1. The van der Waals surface area contributed by atoms with Gasteiger partial charge in [-0.1, -0.05) is 24.3 Å². The molecule has 4 aromatic heterocycles. The number of aliphatic carboxylic acids is 1. The Morgan fingerprint density at radius 1 is 1.11 bits per heavy atom. The molecule has 0 aliphatic rings. The molecule has 5 aromatic rings. The predicted molar refractivity (Wildman–Crippen MR) is 129 cm³/mol. The van der Waals surface area contributed by atoms with Gasteiger partial charge in [-0.15, -0.1) is 0 Å². The highest BCUT2D eigenvalue weighted by atomic mass is 19.3. The molecule has 36 heavy (non-hydrogen) atoms. The van der Waals surface area contributed by atoms with Gasteiger partial charge < -0.3 is 5.11 Å². The molecule has 0 aliphatic heterocycles. The number of aromatic nitrogens is 6. The SMILES string of the molecule is Cc1cccc(-c2nn(Cc3cccc(C(F)F)c3)cc2-c2ccc3ncnn3c2/C=C/C(=O)O)n1. The lowest BCUT2D eigenvalue weighted by atomic mass is 10.0. The molecule has 0 aliphatic carbocycles. The lowest BCUT2D eigenvalue weighted by Crippen LogP contribution is -2.01. The Balaban J connectivity index is 1.69. The molecule has 0 radical (unpaired) electrons. The normalized spacial score (nSPS) is 11.7. The smallest absolute Gasteiger partial charge is 0.328 e. The van der Waals surface area contributed by atoms with Crippen LogP contribution in [0.4, 0.5) is 8.78 Å². The number of rotatable bonds is 7. The Bertz CT molecular complexity index is 1610. The van der Waals surface area contributed by atoms with E-state index in [4.69, 9.17) is 5.10 Å². The van der Waals surface area contributed by atoms with Crippen molar-refractivity contribution >= 4 is 17.7 Å². The minimum atomic E-state index is -2.57. The summed E-state index contributed by atoms with van der Waals surface area (Å²) in [5.41, 5.74) is 5.00. The summed E-state index contributed by atoms with van der Waals surface area (Å²) < 4.78 is 29.6. The van der Waals surface area contributed by atoms with E-state index in [9.17, 15) is 18.7 Å². The van der Waals surface area contributed by atoms with Crippen LogP contribution in [0.5, 0.6) is 0 Å². The number of fused-ring (bicyclic) bond motifs is 1. The van der Waals surface area contributed by atoms with Gasteiger partial charge in [-0.25, -0.2) is 23.1 Å². The van der Waals surface area contributed by atoms with E-state index in [0.29, 0.717) is 39.4 Å². The molecule has 1 N–H and O–H groups in total. The first-order chi connectivity index (χ1) is 17.4. The zero-order valence-electron chi connectivity index (χ0n) is 19.1. The number of hydrogen-bond acceptors (Lipinski definition) is 5. The van der Waals surface area contributed by atoms with Crippen LogP contribution in [0, 0.1) is 6.92 Å². The first-order valence-corrected chi connectivity index (χ1v) is 11.0. The molecule has 5 rings (SSSR count). The van der Waals surface area contributed by atoms with Crippen molar-refractivity contribution in [3.63, 3.8) is 0 Å². The topological polar surface area (TPSA) is 98.2 Å². The molecule has 1 aromatic carbocycles. The summed E-state index contributed by atoms with van der Waals surface area (Å²) in [6, 6.07) is 15.4. The van der Waals surface area contributed by atoms with Crippen molar-refractivity contribution in [3.8, 4) is 22.5 Å². The van der Waals surface area contributed by atoms with Gasteiger partial charge in [0.05, 0.1) is 17.9 Å². The quantitative estimate of drug-likeness (QED) is 0.324. The molecule has 0 bridgehead atoms. The van der Waals surface area contributed by atoms with E-state index in [0.717, 1.165) is 11.8 Å². The molecule has 4 heterocycles. The van der Waals surface area contributed by atoms with Crippen LogP contribution in [0.15, 0.2) is 73.2 Å². The van der Waals surface area contributed by atoms with E-state index in [1.807, 2.05) is 31.2 Å². The Morgan fingerprint density at radius 3 is 2.72 bits per heavy atom. The van der Waals surface area contributed by atoms with Gasteiger partial charge in [0.25, 0.3) is 6.43 Å². The molecule has 10 heteroatoms. The number of pyridine rings is 2. The summed E-state index contributed by atoms with van der Waals surface area (Å²) in [4.78, 5) is 20.1. The number of nitrogens with zero attached hydrogens (tertiary/aromatic N) is 6. The average Bonchev–Trinajstić information content (AvgIpc) is 3.50. The van der Waals surface area contributed by atoms with Crippen molar-refractivity contribution in [2.24, 2.45) is 0 Å². The zero-order valence-corrected chi connectivity index (χ0v) is 19.1. The van der Waals surface area contributed by atoms with Crippen LogP contribution in [0.25, 0.3) is 34.2 Å². The van der Waals surface area contributed by atoms with Crippen LogP contribution < -0.4 is 0 Å². The van der Waals surface area contributed by atoms with Gasteiger partial charge in [-0.3, -0.25) is 9.67 Å². The fraction of sp³-hybridized carbons (Fsp3) is 0.115. The fourth-order valence-electron chi connectivity index (χ4n) is 4.02. The molecule has 0 atom stereocenters. The predicted octanol–water partition coefficient (Wildman–Crippen LogP) is 5.05. The number of carboxylic acids is 1. The number of carboxylic acid groups (broad SMARTS) is 1. The minimum absolute atomic E-state index is 0.0572. The lowest BCUT2D eigenvalue weighted by molar-refractivity contribution is -0.131. The van der Waals surface area contributed by atoms with E-state index < -0.39 is 12.4 Å². The highest BCUT2D eigenvalue weighted by molar-refractivity contribution is 5.89. The third-order valence-electron chi connectivity index (χ3n) is 5.59. The van der Waals surface area contributed by atoms with Crippen molar-refractivity contribution in [3.05, 3.63) is 95.7 Å². The number of alkyl halides is 2. The summed E-state index contributed by atoms with van der Waals surface area (Å²) in [5, 5.41) is 18.2. The van der Waals surface area contributed by atoms with Gasteiger partial charge >= 0.3 is 5.97 Å². The maximum Gasteiger partial charge on any atom is 0.328 e. The number of aryl methyl sites for hydroxylation is 1. The van der Waals surface area contributed by atoms with Crippen LogP contribution in [0.1, 0.15) is 28.9 Å². The second-order valence-corrected chi connectivity index (χ2v) is 8.13. The molecule has 8 nitrogen and oxygen atoms in total. The van der Waals surface area contributed by atoms with Crippen molar-refractivity contribution in [1.29, 1.82) is 0 Å². The maximum atomic E-state index is 13.2. The van der Waals surface area contributed by atoms with Crippen LogP contribution in [-0.2, 0) is 11.3 Å². The third-order valence-corrected chi connectivity index (χ3v) is 5.59. The van der Waals surface area contributed by atoms with Crippen LogP contribution in [0.3, 0.4) is 0 Å². The van der Waals surface area contributed by atoms with Crippen molar-refractivity contribution in [2.75, 3.05) is 0 Å². The first-order valence-electron chi connectivity index (χ1n) is 11.0. The van der Waals surface area contributed by atoms with E-state index in [-0.39, 0.29) is 12.1 Å². The Morgan fingerprint density at radius 2 is 1.94 bits per heavy atom. The van der Waals surface area contributed by atoms with Gasteiger partial charge in [-0.2, -0.15) is 10.2 Å². The number of benzene rings is 1. The van der Waals surface area contributed by atoms with Gasteiger partial charge in [-0.05, 0) is 48.9 Å². The Labute approximate surface area is 204 Å². The van der Waals surface area contributed by atoms with E-state index in [1.54, 1.807) is 33.6 Å². The van der Waals surface area contributed by atoms with Gasteiger partial charge in [0.1, 0.15) is 12.0 Å². The molecule has 0 saturated heterocycles. The summed E-state index contributed by atoms with van der Waals surface area (Å²) in [5.74, 6) is -1.10. The first kappa shape index (κ1) is 23.0. The summed E-state index contributed by atoms with van der Waals surface area (Å²) >= 11 is 0. The van der Waals surface area contributed by atoms with E-state index in [2.05, 4.69) is 15.1 Å². The highest BCUT2D eigenvalue weighted by Crippen LogP contribution is 2.34. The summed E-state index contributed by atoms with van der Waals surface area (Å²) in [6.45, 7) is 2.13. The lowest BCUT2D eigenvalue weighted by Gasteiger charge is -2.08. The largest absolute Gasteiger partial charge is 0.478 e. The molecule has 0 saturated carbocycles. The maximum absolute atomic E-state index is 13.2.